The first kappa shape index (κ1) is 14.0. The zero-order valence-electron chi connectivity index (χ0n) is 10.1. The zero-order chi connectivity index (χ0) is 14.0. The summed E-state index contributed by atoms with van der Waals surface area (Å²) >= 11 is 0. The fraction of sp³-hybridized carbons (Fsp3) is 0.417. The molecule has 19 heavy (non-hydrogen) atoms. The Labute approximate surface area is 110 Å². The lowest BCUT2D eigenvalue weighted by molar-refractivity contribution is -0.140. The first-order chi connectivity index (χ1) is 8.92. The second-order valence-electron chi connectivity index (χ2n) is 4.45. The van der Waals surface area contributed by atoms with E-state index in [0.29, 0.717) is 12.8 Å². The van der Waals surface area contributed by atoms with E-state index in [1.807, 2.05) is 0 Å². The van der Waals surface area contributed by atoms with Gasteiger partial charge in [-0.25, -0.2) is 12.8 Å². The van der Waals surface area contributed by atoms with Gasteiger partial charge in [-0.15, -0.1) is 0 Å². The largest absolute Gasteiger partial charge is 0.480 e. The van der Waals surface area contributed by atoms with Crippen LogP contribution in [0.4, 0.5) is 4.39 Å². The monoisotopic (exact) mass is 287 g/mol. The molecule has 0 radical (unpaired) electrons. The number of carbonyl (C=O) groups is 1. The van der Waals surface area contributed by atoms with Crippen LogP contribution in [0.15, 0.2) is 24.3 Å². The second-order valence-corrected chi connectivity index (χ2v) is 6.38. The quantitative estimate of drug-likeness (QED) is 0.903. The molecule has 0 aromatic heterocycles. The average molecular weight is 287 g/mol. The Bertz CT molecular complexity index is 587. The van der Waals surface area contributed by atoms with Crippen molar-refractivity contribution in [1.29, 1.82) is 0 Å². The van der Waals surface area contributed by atoms with Gasteiger partial charge >= 0.3 is 5.97 Å². The van der Waals surface area contributed by atoms with Crippen LogP contribution in [0.25, 0.3) is 0 Å². The van der Waals surface area contributed by atoms with Gasteiger partial charge in [-0.2, -0.15) is 4.31 Å². The van der Waals surface area contributed by atoms with Crippen molar-refractivity contribution in [2.45, 2.75) is 24.6 Å². The molecule has 1 saturated heterocycles. The number of aliphatic carboxylic acids is 1. The number of sulfonamides is 1. The van der Waals surface area contributed by atoms with Gasteiger partial charge in [0.05, 0.1) is 5.75 Å². The first-order valence-electron chi connectivity index (χ1n) is 5.87. The Morgan fingerprint density at radius 2 is 2.11 bits per heavy atom. The lowest BCUT2D eigenvalue weighted by Crippen LogP contribution is -2.41. The van der Waals surface area contributed by atoms with Crippen molar-refractivity contribution < 1.29 is 22.7 Å². The number of hydrogen-bond donors (Lipinski definition) is 1. The van der Waals surface area contributed by atoms with E-state index in [0.717, 1.165) is 4.31 Å². The van der Waals surface area contributed by atoms with Crippen LogP contribution in [0, 0.1) is 5.82 Å². The molecular formula is C12H14FNO4S. The van der Waals surface area contributed by atoms with Crippen molar-refractivity contribution in [2.24, 2.45) is 0 Å². The molecule has 0 unspecified atom stereocenters. The van der Waals surface area contributed by atoms with Crippen molar-refractivity contribution in [3.63, 3.8) is 0 Å². The van der Waals surface area contributed by atoms with E-state index in [4.69, 9.17) is 5.11 Å². The lowest BCUT2D eigenvalue weighted by Gasteiger charge is -2.21. The van der Waals surface area contributed by atoms with Gasteiger partial charge in [-0.3, -0.25) is 4.79 Å². The Kier molecular flexibility index (Phi) is 3.86. The van der Waals surface area contributed by atoms with Crippen LogP contribution in [-0.2, 0) is 20.6 Å². The topological polar surface area (TPSA) is 74.7 Å². The highest BCUT2D eigenvalue weighted by Gasteiger charge is 2.38. The molecular weight excluding hydrogens is 273 g/mol. The molecule has 0 spiro atoms. The van der Waals surface area contributed by atoms with E-state index < -0.39 is 33.6 Å². The van der Waals surface area contributed by atoms with Crippen LogP contribution < -0.4 is 0 Å². The van der Waals surface area contributed by atoms with Crippen molar-refractivity contribution in [3.8, 4) is 0 Å². The normalized spacial score (nSPS) is 20.6. The highest BCUT2D eigenvalue weighted by Crippen LogP contribution is 2.24. The maximum Gasteiger partial charge on any atom is 0.322 e. The lowest BCUT2D eigenvalue weighted by atomic mass is 10.2. The van der Waals surface area contributed by atoms with Gasteiger partial charge in [0.25, 0.3) is 0 Å². The summed E-state index contributed by atoms with van der Waals surface area (Å²) in [5, 5.41) is 8.99. The summed E-state index contributed by atoms with van der Waals surface area (Å²) in [4.78, 5) is 11.0. The van der Waals surface area contributed by atoms with Crippen LogP contribution >= 0.6 is 0 Å². The predicted molar refractivity (Wildman–Crippen MR) is 66.4 cm³/mol. The third-order valence-corrected chi connectivity index (χ3v) is 4.97. The minimum absolute atomic E-state index is 0.0542. The van der Waals surface area contributed by atoms with Gasteiger partial charge < -0.3 is 5.11 Å². The number of halogens is 1. The van der Waals surface area contributed by atoms with Crippen LogP contribution in [0.1, 0.15) is 18.4 Å². The number of rotatable bonds is 4. The van der Waals surface area contributed by atoms with E-state index in [1.54, 1.807) is 6.07 Å². The minimum atomic E-state index is -3.82. The van der Waals surface area contributed by atoms with Gasteiger partial charge in [0.15, 0.2) is 0 Å². The molecule has 104 valence electrons. The number of benzene rings is 1. The molecule has 1 atom stereocenters. The molecule has 0 amide bonds. The van der Waals surface area contributed by atoms with Crippen LogP contribution in [0.5, 0.6) is 0 Å². The van der Waals surface area contributed by atoms with Gasteiger partial charge in [-0.05, 0) is 18.9 Å². The van der Waals surface area contributed by atoms with Crippen molar-refractivity contribution >= 4 is 16.0 Å². The molecule has 1 fully saturated rings. The Balaban J connectivity index is 2.24. The molecule has 1 heterocycles. The molecule has 1 aliphatic heterocycles. The Morgan fingerprint density at radius 3 is 2.74 bits per heavy atom. The number of carboxylic acid groups (broad SMARTS) is 1. The predicted octanol–water partition coefficient (Wildman–Crippen LogP) is 1.20. The van der Waals surface area contributed by atoms with Gasteiger partial charge in [0.2, 0.25) is 10.0 Å². The van der Waals surface area contributed by atoms with E-state index in [2.05, 4.69) is 0 Å². The van der Waals surface area contributed by atoms with Crippen molar-refractivity contribution in [2.75, 3.05) is 6.54 Å². The molecule has 0 saturated carbocycles. The first-order valence-corrected chi connectivity index (χ1v) is 7.48. The fourth-order valence-electron chi connectivity index (χ4n) is 2.21. The highest BCUT2D eigenvalue weighted by atomic mass is 32.2. The van der Waals surface area contributed by atoms with Crippen molar-refractivity contribution in [1.82, 2.24) is 4.31 Å². The summed E-state index contributed by atoms with van der Waals surface area (Å²) < 4.78 is 38.8. The van der Waals surface area contributed by atoms with E-state index in [1.165, 1.54) is 18.2 Å². The Morgan fingerprint density at radius 1 is 1.42 bits per heavy atom. The zero-order valence-corrected chi connectivity index (χ0v) is 10.9. The maximum atomic E-state index is 13.5. The van der Waals surface area contributed by atoms with Crippen LogP contribution in [-0.4, -0.2) is 36.4 Å². The molecule has 7 heteroatoms. The fourth-order valence-corrected chi connectivity index (χ4v) is 4.00. The summed E-state index contributed by atoms with van der Waals surface area (Å²) in [5.74, 6) is -2.27. The molecule has 1 aliphatic rings. The number of nitrogens with zero attached hydrogens (tertiary/aromatic N) is 1. The maximum absolute atomic E-state index is 13.5. The van der Waals surface area contributed by atoms with E-state index >= 15 is 0 Å². The van der Waals surface area contributed by atoms with E-state index in [-0.39, 0.29) is 12.1 Å². The molecule has 0 aliphatic carbocycles. The molecule has 5 nitrogen and oxygen atoms in total. The summed E-state index contributed by atoms with van der Waals surface area (Å²) in [5.41, 5.74) is 0.0542. The second kappa shape index (κ2) is 5.26. The third kappa shape index (κ3) is 2.93. The van der Waals surface area contributed by atoms with Crippen molar-refractivity contribution in [3.05, 3.63) is 35.6 Å². The Hall–Kier alpha value is -1.47. The molecule has 0 bridgehead atoms. The standard InChI is InChI=1S/C12H14FNO4S/c13-10-5-2-1-4-9(10)8-19(17,18)14-7-3-6-11(14)12(15)16/h1-2,4-5,11H,3,6-8H2,(H,15,16)/t11-/m1/s1. The third-order valence-electron chi connectivity index (χ3n) is 3.14. The van der Waals surface area contributed by atoms with Crippen LogP contribution in [0.3, 0.4) is 0 Å². The minimum Gasteiger partial charge on any atom is -0.480 e. The van der Waals surface area contributed by atoms with E-state index in [9.17, 15) is 17.6 Å². The number of carboxylic acids is 1. The SMILES string of the molecule is O=C(O)[C@H]1CCCN1S(=O)(=O)Cc1ccccc1F. The molecule has 2 rings (SSSR count). The van der Waals surface area contributed by atoms with Gasteiger partial charge in [0, 0.05) is 12.1 Å². The smallest absolute Gasteiger partial charge is 0.322 e. The summed E-state index contributed by atoms with van der Waals surface area (Å²) in [6, 6.07) is 4.56. The van der Waals surface area contributed by atoms with Gasteiger partial charge in [0.1, 0.15) is 11.9 Å². The van der Waals surface area contributed by atoms with Crippen LogP contribution in [0.2, 0.25) is 0 Å². The average Bonchev–Trinajstić information content (AvgIpc) is 2.82. The molecule has 1 aromatic rings. The highest BCUT2D eigenvalue weighted by molar-refractivity contribution is 7.88. The molecule has 1 aromatic carbocycles. The summed E-state index contributed by atoms with van der Waals surface area (Å²) in [7, 11) is -3.82. The van der Waals surface area contributed by atoms with Gasteiger partial charge in [-0.1, -0.05) is 18.2 Å². The summed E-state index contributed by atoms with van der Waals surface area (Å²) in [6.07, 6.45) is 0.805. The summed E-state index contributed by atoms with van der Waals surface area (Å²) in [6.45, 7) is 0.174. The molecule has 1 N–H and O–H groups in total. The number of hydrogen-bond acceptors (Lipinski definition) is 3.